The highest BCUT2D eigenvalue weighted by molar-refractivity contribution is 5.43. The van der Waals surface area contributed by atoms with Crippen LogP contribution in [0.3, 0.4) is 0 Å². The fourth-order valence-electron chi connectivity index (χ4n) is 1.56. The van der Waals surface area contributed by atoms with Gasteiger partial charge >= 0.3 is 0 Å². The van der Waals surface area contributed by atoms with Gasteiger partial charge in [-0.25, -0.2) is 0 Å². The van der Waals surface area contributed by atoms with E-state index in [1.807, 2.05) is 7.05 Å². The Bertz CT molecular complexity index is 293. The van der Waals surface area contributed by atoms with Crippen LogP contribution in [0.5, 0.6) is 0 Å². The smallest absolute Gasteiger partial charge is 0.124 e. The SMILES string of the molecule is Cn1nc2c(c1N)CCOCC2. The molecule has 1 aromatic heterocycles. The first-order valence-electron chi connectivity index (χ1n) is 4.17. The van der Waals surface area contributed by atoms with Gasteiger partial charge in [-0.2, -0.15) is 5.10 Å². The third-order valence-corrected chi connectivity index (χ3v) is 2.26. The van der Waals surface area contributed by atoms with Crippen LogP contribution in [0.1, 0.15) is 11.3 Å². The van der Waals surface area contributed by atoms with E-state index in [1.54, 1.807) is 4.68 Å². The van der Waals surface area contributed by atoms with E-state index in [0.29, 0.717) is 0 Å². The van der Waals surface area contributed by atoms with Gasteiger partial charge in [0.1, 0.15) is 5.82 Å². The van der Waals surface area contributed by atoms with Gasteiger partial charge < -0.3 is 10.5 Å². The fraction of sp³-hybridized carbons (Fsp3) is 0.625. The van der Waals surface area contributed by atoms with Gasteiger partial charge in [-0.3, -0.25) is 4.68 Å². The number of nitrogens with zero attached hydrogens (tertiary/aromatic N) is 2. The lowest BCUT2D eigenvalue weighted by Crippen LogP contribution is -2.02. The summed E-state index contributed by atoms with van der Waals surface area (Å²) in [7, 11) is 1.88. The van der Waals surface area contributed by atoms with Crippen LogP contribution in [0.15, 0.2) is 0 Å². The Labute approximate surface area is 71.3 Å². The van der Waals surface area contributed by atoms with Gasteiger partial charge in [-0.15, -0.1) is 0 Å². The van der Waals surface area contributed by atoms with Crippen molar-refractivity contribution in [2.75, 3.05) is 18.9 Å². The summed E-state index contributed by atoms with van der Waals surface area (Å²) in [6.45, 7) is 1.53. The molecule has 0 amide bonds. The average molecular weight is 167 g/mol. The fourth-order valence-corrected chi connectivity index (χ4v) is 1.56. The Kier molecular flexibility index (Phi) is 1.77. The lowest BCUT2D eigenvalue weighted by atomic mass is 10.1. The standard InChI is InChI=1S/C8H13N3O/c1-11-8(9)6-2-4-12-5-3-7(6)10-11/h2-5,9H2,1H3. The number of nitrogen functional groups attached to an aromatic ring is 1. The minimum absolute atomic E-state index is 0.767. The average Bonchev–Trinajstić information content (AvgIpc) is 2.30. The summed E-state index contributed by atoms with van der Waals surface area (Å²) in [5.41, 5.74) is 8.12. The van der Waals surface area contributed by atoms with Crippen molar-refractivity contribution in [1.29, 1.82) is 0 Å². The minimum Gasteiger partial charge on any atom is -0.384 e. The number of fused-ring (bicyclic) bond motifs is 1. The number of hydrogen-bond acceptors (Lipinski definition) is 3. The van der Waals surface area contributed by atoms with Crippen molar-refractivity contribution >= 4 is 5.82 Å². The van der Waals surface area contributed by atoms with Crippen molar-refractivity contribution in [3.05, 3.63) is 11.3 Å². The van der Waals surface area contributed by atoms with Gasteiger partial charge in [0.25, 0.3) is 0 Å². The van der Waals surface area contributed by atoms with Gasteiger partial charge in [-0.05, 0) is 0 Å². The van der Waals surface area contributed by atoms with E-state index in [4.69, 9.17) is 10.5 Å². The molecule has 0 unspecified atom stereocenters. The molecule has 0 aromatic carbocycles. The highest BCUT2D eigenvalue weighted by Gasteiger charge is 2.15. The zero-order chi connectivity index (χ0) is 8.55. The summed E-state index contributed by atoms with van der Waals surface area (Å²) in [4.78, 5) is 0. The van der Waals surface area contributed by atoms with E-state index >= 15 is 0 Å². The molecule has 2 N–H and O–H groups in total. The largest absolute Gasteiger partial charge is 0.384 e. The summed E-state index contributed by atoms with van der Waals surface area (Å²) in [6.07, 6.45) is 1.79. The van der Waals surface area contributed by atoms with E-state index in [9.17, 15) is 0 Å². The number of hydrogen-bond donors (Lipinski definition) is 1. The molecule has 4 nitrogen and oxygen atoms in total. The maximum atomic E-state index is 5.84. The zero-order valence-electron chi connectivity index (χ0n) is 7.21. The van der Waals surface area contributed by atoms with Gasteiger partial charge in [0.2, 0.25) is 0 Å². The Hall–Kier alpha value is -1.03. The molecule has 0 atom stereocenters. The molecule has 2 heterocycles. The first-order chi connectivity index (χ1) is 5.79. The van der Waals surface area contributed by atoms with E-state index in [-0.39, 0.29) is 0 Å². The molecule has 0 saturated heterocycles. The molecule has 4 heteroatoms. The quantitative estimate of drug-likeness (QED) is 0.597. The Morgan fingerprint density at radius 2 is 2.17 bits per heavy atom. The molecule has 12 heavy (non-hydrogen) atoms. The monoisotopic (exact) mass is 167 g/mol. The minimum atomic E-state index is 0.767. The van der Waals surface area contributed by atoms with Gasteiger partial charge in [-0.1, -0.05) is 0 Å². The second-order valence-electron chi connectivity index (χ2n) is 3.05. The topological polar surface area (TPSA) is 53.1 Å². The number of anilines is 1. The van der Waals surface area contributed by atoms with Crippen molar-refractivity contribution < 1.29 is 4.74 Å². The van der Waals surface area contributed by atoms with Gasteiger partial charge in [0, 0.05) is 25.5 Å². The van der Waals surface area contributed by atoms with Crippen LogP contribution in [0.2, 0.25) is 0 Å². The van der Waals surface area contributed by atoms with Crippen molar-refractivity contribution in [3.63, 3.8) is 0 Å². The van der Waals surface area contributed by atoms with Crippen molar-refractivity contribution in [2.45, 2.75) is 12.8 Å². The molecule has 0 spiro atoms. The van der Waals surface area contributed by atoms with Crippen LogP contribution >= 0.6 is 0 Å². The third kappa shape index (κ3) is 1.08. The summed E-state index contributed by atoms with van der Waals surface area (Å²) < 4.78 is 7.07. The molecular weight excluding hydrogens is 154 g/mol. The highest BCUT2D eigenvalue weighted by atomic mass is 16.5. The molecule has 66 valence electrons. The number of nitrogens with two attached hydrogens (primary N) is 1. The molecule has 0 bridgehead atoms. The van der Waals surface area contributed by atoms with E-state index in [1.165, 1.54) is 5.56 Å². The summed E-state index contributed by atoms with van der Waals surface area (Å²) in [5.74, 6) is 0.788. The molecular formula is C8H13N3O. The summed E-state index contributed by atoms with van der Waals surface area (Å²) in [5, 5.41) is 4.32. The predicted octanol–water partition coefficient (Wildman–Crippen LogP) is 0.117. The number of aromatic nitrogens is 2. The first kappa shape index (κ1) is 7.61. The van der Waals surface area contributed by atoms with Crippen molar-refractivity contribution in [1.82, 2.24) is 9.78 Å². The molecule has 1 aromatic rings. The van der Waals surface area contributed by atoms with Gasteiger partial charge in [0.05, 0.1) is 18.9 Å². The van der Waals surface area contributed by atoms with E-state index < -0.39 is 0 Å². The van der Waals surface area contributed by atoms with Gasteiger partial charge in [0.15, 0.2) is 0 Å². The lowest BCUT2D eigenvalue weighted by Gasteiger charge is -1.98. The lowest BCUT2D eigenvalue weighted by molar-refractivity contribution is 0.146. The second-order valence-corrected chi connectivity index (χ2v) is 3.05. The van der Waals surface area contributed by atoms with Crippen LogP contribution in [-0.4, -0.2) is 23.0 Å². The first-order valence-corrected chi connectivity index (χ1v) is 4.17. The summed E-state index contributed by atoms with van der Waals surface area (Å²) in [6, 6.07) is 0. The van der Waals surface area contributed by atoms with E-state index in [2.05, 4.69) is 5.10 Å². The van der Waals surface area contributed by atoms with Crippen LogP contribution in [0.25, 0.3) is 0 Å². The highest BCUT2D eigenvalue weighted by Crippen LogP contribution is 2.19. The molecule has 2 rings (SSSR count). The van der Waals surface area contributed by atoms with Crippen LogP contribution in [0.4, 0.5) is 5.82 Å². The Balaban J connectivity index is 2.42. The third-order valence-electron chi connectivity index (χ3n) is 2.26. The summed E-state index contributed by atoms with van der Waals surface area (Å²) >= 11 is 0. The maximum Gasteiger partial charge on any atom is 0.124 e. The number of rotatable bonds is 0. The molecule has 0 saturated carbocycles. The van der Waals surface area contributed by atoms with E-state index in [0.717, 1.165) is 37.6 Å². The molecule has 1 aliphatic rings. The molecule has 0 fully saturated rings. The van der Waals surface area contributed by atoms with Crippen LogP contribution in [0, 0.1) is 0 Å². The van der Waals surface area contributed by atoms with Crippen molar-refractivity contribution in [3.8, 4) is 0 Å². The number of ether oxygens (including phenoxy) is 1. The second kappa shape index (κ2) is 2.79. The Morgan fingerprint density at radius 3 is 3.00 bits per heavy atom. The number of aryl methyl sites for hydroxylation is 1. The van der Waals surface area contributed by atoms with Crippen LogP contribution < -0.4 is 5.73 Å². The molecule has 1 aliphatic heterocycles. The predicted molar refractivity (Wildman–Crippen MR) is 45.8 cm³/mol. The van der Waals surface area contributed by atoms with Crippen molar-refractivity contribution in [2.24, 2.45) is 7.05 Å². The Morgan fingerprint density at radius 1 is 1.42 bits per heavy atom. The van der Waals surface area contributed by atoms with Crippen LogP contribution in [-0.2, 0) is 24.6 Å². The normalized spacial score (nSPS) is 17.1. The maximum absolute atomic E-state index is 5.84. The molecule has 0 radical (unpaired) electrons. The molecule has 0 aliphatic carbocycles. The zero-order valence-corrected chi connectivity index (χ0v) is 7.21.